The molecule has 1 unspecified atom stereocenters. The molecule has 5 nitrogen and oxygen atoms in total. The van der Waals surface area contributed by atoms with E-state index < -0.39 is 0 Å². The third-order valence-electron chi connectivity index (χ3n) is 3.57. The molecule has 0 spiro atoms. The zero-order valence-electron chi connectivity index (χ0n) is 10.2. The van der Waals surface area contributed by atoms with Crippen LogP contribution in [0.4, 0.5) is 0 Å². The van der Waals surface area contributed by atoms with Crippen LogP contribution in [0.5, 0.6) is 0 Å². The third-order valence-corrected chi connectivity index (χ3v) is 3.57. The van der Waals surface area contributed by atoms with Gasteiger partial charge in [-0.3, -0.25) is 14.5 Å². The molecule has 2 rings (SSSR count). The van der Waals surface area contributed by atoms with E-state index in [1.165, 1.54) is 0 Å². The van der Waals surface area contributed by atoms with E-state index in [1.807, 2.05) is 4.90 Å². The van der Waals surface area contributed by atoms with Crippen LogP contribution in [0.3, 0.4) is 0 Å². The summed E-state index contributed by atoms with van der Waals surface area (Å²) in [6.07, 6.45) is 3.17. The van der Waals surface area contributed by atoms with Gasteiger partial charge in [0.2, 0.25) is 5.91 Å². The van der Waals surface area contributed by atoms with Crippen LogP contribution < -0.4 is 5.73 Å². The van der Waals surface area contributed by atoms with Gasteiger partial charge in [-0.1, -0.05) is 0 Å². The molecule has 2 N–H and O–H groups in total. The Kier molecular flexibility index (Phi) is 4.12. The van der Waals surface area contributed by atoms with Crippen molar-refractivity contribution in [3.8, 4) is 0 Å². The maximum atomic E-state index is 12.0. The van der Waals surface area contributed by atoms with Crippen LogP contribution in [-0.2, 0) is 9.59 Å². The molecule has 1 atom stereocenters. The summed E-state index contributed by atoms with van der Waals surface area (Å²) in [5.74, 6) is 0.417. The molecule has 2 fully saturated rings. The number of hydrogen-bond donors (Lipinski definition) is 1. The van der Waals surface area contributed by atoms with Gasteiger partial charge in [0.25, 0.3) is 0 Å². The number of likely N-dealkylation sites (tertiary alicyclic amines) is 2. The Morgan fingerprint density at radius 3 is 2.65 bits per heavy atom. The fraction of sp³-hybridized carbons (Fsp3) is 0.833. The van der Waals surface area contributed by atoms with Gasteiger partial charge in [0.1, 0.15) is 5.78 Å². The predicted octanol–water partition coefficient (Wildman–Crippen LogP) is -0.399. The Bertz CT molecular complexity index is 296. The molecule has 5 heteroatoms. The average Bonchev–Trinajstić information content (AvgIpc) is 2.29. The minimum Gasteiger partial charge on any atom is -0.341 e. The van der Waals surface area contributed by atoms with Crippen LogP contribution in [0.1, 0.15) is 25.7 Å². The molecule has 0 aromatic heterocycles. The van der Waals surface area contributed by atoms with Gasteiger partial charge in [-0.25, -0.2) is 0 Å². The van der Waals surface area contributed by atoms with E-state index in [0.717, 1.165) is 25.9 Å². The van der Waals surface area contributed by atoms with Gasteiger partial charge in [-0.2, -0.15) is 0 Å². The van der Waals surface area contributed by atoms with E-state index in [0.29, 0.717) is 32.5 Å². The van der Waals surface area contributed by atoms with Crippen LogP contribution in [0.2, 0.25) is 0 Å². The molecule has 2 heterocycles. The molecule has 0 aromatic carbocycles. The Balaban J connectivity index is 1.78. The molecule has 0 radical (unpaired) electrons. The molecule has 0 saturated carbocycles. The zero-order valence-corrected chi connectivity index (χ0v) is 10.2. The number of rotatable bonds is 2. The number of Topliss-reactive ketones (excluding diaryl/α,β-unsaturated/α-hetero) is 1. The standard InChI is InChI=1S/C12H21N3O2/c13-10-2-1-5-14(8-10)9-12(17)15-6-3-11(16)4-7-15/h10H,1-9,13H2. The topological polar surface area (TPSA) is 66.6 Å². The second-order valence-corrected chi connectivity index (χ2v) is 5.06. The van der Waals surface area contributed by atoms with Gasteiger partial charge < -0.3 is 10.6 Å². The fourth-order valence-electron chi connectivity index (χ4n) is 2.53. The van der Waals surface area contributed by atoms with Crippen molar-refractivity contribution in [2.75, 3.05) is 32.7 Å². The molecule has 0 aromatic rings. The van der Waals surface area contributed by atoms with Crippen LogP contribution in [0.25, 0.3) is 0 Å². The smallest absolute Gasteiger partial charge is 0.236 e. The summed E-state index contributed by atoms with van der Waals surface area (Å²) >= 11 is 0. The molecule has 96 valence electrons. The summed E-state index contributed by atoms with van der Waals surface area (Å²) in [7, 11) is 0. The first-order valence-corrected chi connectivity index (χ1v) is 6.42. The molecule has 2 aliphatic heterocycles. The summed E-state index contributed by atoms with van der Waals surface area (Å²) in [5.41, 5.74) is 5.89. The molecular weight excluding hydrogens is 218 g/mol. The fourth-order valence-corrected chi connectivity index (χ4v) is 2.53. The zero-order chi connectivity index (χ0) is 12.3. The number of amides is 1. The van der Waals surface area contributed by atoms with Crippen molar-refractivity contribution in [3.63, 3.8) is 0 Å². The summed E-state index contributed by atoms with van der Waals surface area (Å²) in [5, 5.41) is 0. The largest absolute Gasteiger partial charge is 0.341 e. The Hall–Kier alpha value is -0.940. The molecule has 2 saturated heterocycles. The van der Waals surface area contributed by atoms with Crippen molar-refractivity contribution in [2.45, 2.75) is 31.7 Å². The minimum absolute atomic E-state index is 0.145. The first kappa shape index (κ1) is 12.5. The van der Waals surface area contributed by atoms with E-state index in [4.69, 9.17) is 5.73 Å². The lowest BCUT2D eigenvalue weighted by Crippen LogP contribution is -2.49. The van der Waals surface area contributed by atoms with Crippen molar-refractivity contribution < 1.29 is 9.59 Å². The summed E-state index contributed by atoms with van der Waals surface area (Å²) in [4.78, 5) is 27.1. The van der Waals surface area contributed by atoms with Gasteiger partial charge in [-0.15, -0.1) is 0 Å². The van der Waals surface area contributed by atoms with E-state index in [9.17, 15) is 9.59 Å². The number of carbonyl (C=O) groups is 2. The highest BCUT2D eigenvalue weighted by molar-refractivity contribution is 5.84. The first-order valence-electron chi connectivity index (χ1n) is 6.42. The van der Waals surface area contributed by atoms with Gasteiger partial charge in [0.05, 0.1) is 6.54 Å². The maximum Gasteiger partial charge on any atom is 0.236 e. The Labute approximate surface area is 102 Å². The second kappa shape index (κ2) is 5.60. The number of hydrogen-bond acceptors (Lipinski definition) is 4. The Morgan fingerprint density at radius 2 is 2.00 bits per heavy atom. The molecule has 1 amide bonds. The minimum atomic E-state index is 0.145. The molecule has 2 aliphatic rings. The molecule has 0 bridgehead atoms. The van der Waals surface area contributed by atoms with Gasteiger partial charge in [0, 0.05) is 38.5 Å². The van der Waals surface area contributed by atoms with Crippen molar-refractivity contribution in [1.29, 1.82) is 0 Å². The predicted molar refractivity (Wildman–Crippen MR) is 64.5 cm³/mol. The van der Waals surface area contributed by atoms with Gasteiger partial charge >= 0.3 is 0 Å². The number of piperidine rings is 2. The summed E-state index contributed by atoms with van der Waals surface area (Å²) in [6.45, 7) is 3.43. The van der Waals surface area contributed by atoms with E-state index in [1.54, 1.807) is 0 Å². The maximum absolute atomic E-state index is 12.0. The average molecular weight is 239 g/mol. The van der Waals surface area contributed by atoms with E-state index in [2.05, 4.69) is 4.90 Å². The van der Waals surface area contributed by atoms with E-state index in [-0.39, 0.29) is 17.7 Å². The van der Waals surface area contributed by atoms with Crippen molar-refractivity contribution in [3.05, 3.63) is 0 Å². The normalized spacial score (nSPS) is 27.2. The van der Waals surface area contributed by atoms with Crippen molar-refractivity contribution >= 4 is 11.7 Å². The number of nitrogens with zero attached hydrogens (tertiary/aromatic N) is 2. The van der Waals surface area contributed by atoms with Crippen LogP contribution in [-0.4, -0.2) is 60.3 Å². The lowest BCUT2D eigenvalue weighted by Gasteiger charge is -2.33. The van der Waals surface area contributed by atoms with Gasteiger partial charge in [0.15, 0.2) is 0 Å². The lowest BCUT2D eigenvalue weighted by molar-refractivity contribution is -0.135. The monoisotopic (exact) mass is 239 g/mol. The second-order valence-electron chi connectivity index (χ2n) is 5.06. The number of nitrogens with two attached hydrogens (primary N) is 1. The number of carbonyl (C=O) groups excluding carboxylic acids is 2. The third kappa shape index (κ3) is 3.51. The lowest BCUT2D eigenvalue weighted by atomic mass is 10.1. The van der Waals surface area contributed by atoms with Crippen molar-refractivity contribution in [2.24, 2.45) is 5.73 Å². The highest BCUT2D eigenvalue weighted by Gasteiger charge is 2.24. The highest BCUT2D eigenvalue weighted by atomic mass is 16.2. The van der Waals surface area contributed by atoms with Crippen LogP contribution in [0, 0.1) is 0 Å². The summed E-state index contributed by atoms with van der Waals surface area (Å²) in [6, 6.07) is 0.208. The molecule has 17 heavy (non-hydrogen) atoms. The van der Waals surface area contributed by atoms with Crippen molar-refractivity contribution in [1.82, 2.24) is 9.80 Å². The summed E-state index contributed by atoms with van der Waals surface area (Å²) < 4.78 is 0. The van der Waals surface area contributed by atoms with E-state index >= 15 is 0 Å². The quantitative estimate of drug-likeness (QED) is 0.712. The van der Waals surface area contributed by atoms with Crippen LogP contribution >= 0.6 is 0 Å². The van der Waals surface area contributed by atoms with Gasteiger partial charge in [-0.05, 0) is 19.4 Å². The number of ketones is 1. The SMILES string of the molecule is NC1CCCN(CC(=O)N2CCC(=O)CC2)C1. The Morgan fingerprint density at radius 1 is 1.29 bits per heavy atom. The highest BCUT2D eigenvalue weighted by Crippen LogP contribution is 2.10. The first-order chi connectivity index (χ1) is 8.15. The van der Waals surface area contributed by atoms with Crippen LogP contribution in [0.15, 0.2) is 0 Å². The molecular formula is C12H21N3O2. The molecule has 0 aliphatic carbocycles.